The Hall–Kier alpha value is -1.91. The summed E-state index contributed by atoms with van der Waals surface area (Å²) in [6.07, 6.45) is 2.14. The van der Waals surface area contributed by atoms with Crippen molar-refractivity contribution >= 4 is 17.6 Å². The van der Waals surface area contributed by atoms with Gasteiger partial charge in [0.1, 0.15) is 0 Å². The van der Waals surface area contributed by atoms with Crippen LogP contribution in [0.15, 0.2) is 18.3 Å². The van der Waals surface area contributed by atoms with Crippen molar-refractivity contribution < 1.29 is 14.7 Å². The van der Waals surface area contributed by atoms with Crippen LogP contribution in [0.3, 0.4) is 0 Å². The van der Waals surface area contributed by atoms with Gasteiger partial charge in [0.15, 0.2) is 0 Å². The number of hydrogen-bond donors (Lipinski definition) is 2. The molecule has 0 radical (unpaired) electrons. The van der Waals surface area contributed by atoms with Gasteiger partial charge >= 0.3 is 5.97 Å². The molecule has 1 heterocycles. The van der Waals surface area contributed by atoms with E-state index in [0.29, 0.717) is 12.1 Å². The van der Waals surface area contributed by atoms with E-state index >= 15 is 0 Å². The Balaban J connectivity index is 2.34. The standard InChI is InChI=1S/C11H14N2O3/c1-8-5-6-9(7-12-8)13-10(14)3-2-4-11(15)16/h5-7H,2-4H2,1H3,(H,13,14)(H,15,16). The van der Waals surface area contributed by atoms with E-state index in [9.17, 15) is 9.59 Å². The fourth-order valence-electron chi connectivity index (χ4n) is 1.17. The van der Waals surface area contributed by atoms with Crippen molar-refractivity contribution in [3.05, 3.63) is 24.0 Å². The van der Waals surface area contributed by atoms with Crippen molar-refractivity contribution in [2.45, 2.75) is 26.2 Å². The molecule has 1 amide bonds. The van der Waals surface area contributed by atoms with Crippen molar-refractivity contribution in [2.75, 3.05) is 5.32 Å². The molecule has 0 aliphatic carbocycles. The van der Waals surface area contributed by atoms with Gasteiger partial charge in [-0.1, -0.05) is 0 Å². The van der Waals surface area contributed by atoms with Crippen molar-refractivity contribution in [3.8, 4) is 0 Å². The molecule has 2 N–H and O–H groups in total. The van der Waals surface area contributed by atoms with Crippen LogP contribution in [0.1, 0.15) is 25.0 Å². The number of aryl methyl sites for hydroxylation is 1. The number of nitrogens with zero attached hydrogens (tertiary/aromatic N) is 1. The maximum absolute atomic E-state index is 11.3. The van der Waals surface area contributed by atoms with E-state index in [0.717, 1.165) is 5.69 Å². The minimum atomic E-state index is -0.884. The van der Waals surface area contributed by atoms with Crippen molar-refractivity contribution in [1.82, 2.24) is 4.98 Å². The number of pyridine rings is 1. The number of aliphatic carboxylic acids is 1. The quantitative estimate of drug-likeness (QED) is 0.792. The molecule has 0 aliphatic rings. The molecule has 0 fully saturated rings. The fraction of sp³-hybridized carbons (Fsp3) is 0.364. The van der Waals surface area contributed by atoms with Crippen molar-refractivity contribution in [3.63, 3.8) is 0 Å². The highest BCUT2D eigenvalue weighted by atomic mass is 16.4. The van der Waals surface area contributed by atoms with Crippen LogP contribution in [-0.4, -0.2) is 22.0 Å². The van der Waals surface area contributed by atoms with Crippen LogP contribution in [0, 0.1) is 6.92 Å². The largest absolute Gasteiger partial charge is 0.481 e. The number of carbonyl (C=O) groups is 2. The summed E-state index contributed by atoms with van der Waals surface area (Å²) in [6.45, 7) is 1.86. The topological polar surface area (TPSA) is 79.3 Å². The molecule has 1 rings (SSSR count). The molecule has 0 saturated heterocycles. The summed E-state index contributed by atoms with van der Waals surface area (Å²) in [7, 11) is 0. The second kappa shape index (κ2) is 5.85. The molecule has 5 heteroatoms. The molecule has 0 saturated carbocycles. The van der Waals surface area contributed by atoms with Gasteiger partial charge in [0.2, 0.25) is 5.91 Å². The highest BCUT2D eigenvalue weighted by Crippen LogP contribution is 2.06. The minimum absolute atomic E-state index is 0.0135. The molecule has 0 bridgehead atoms. The maximum Gasteiger partial charge on any atom is 0.303 e. The highest BCUT2D eigenvalue weighted by Gasteiger charge is 2.04. The first kappa shape index (κ1) is 12.2. The van der Waals surface area contributed by atoms with Gasteiger partial charge in [-0.25, -0.2) is 0 Å². The average molecular weight is 222 g/mol. The zero-order valence-corrected chi connectivity index (χ0v) is 9.06. The van der Waals surface area contributed by atoms with Crippen LogP contribution in [0.5, 0.6) is 0 Å². The minimum Gasteiger partial charge on any atom is -0.481 e. The van der Waals surface area contributed by atoms with E-state index in [1.165, 1.54) is 0 Å². The third-order valence-electron chi connectivity index (χ3n) is 1.99. The van der Waals surface area contributed by atoms with Gasteiger partial charge in [0.05, 0.1) is 11.9 Å². The summed E-state index contributed by atoms with van der Waals surface area (Å²) < 4.78 is 0. The van der Waals surface area contributed by atoms with Gasteiger partial charge in [-0.05, 0) is 25.5 Å². The lowest BCUT2D eigenvalue weighted by Crippen LogP contribution is -2.12. The number of carboxylic acid groups (broad SMARTS) is 1. The van der Waals surface area contributed by atoms with Gasteiger partial charge in [0.25, 0.3) is 0 Å². The van der Waals surface area contributed by atoms with Crippen molar-refractivity contribution in [1.29, 1.82) is 0 Å². The fourth-order valence-corrected chi connectivity index (χ4v) is 1.17. The maximum atomic E-state index is 11.3. The van der Waals surface area contributed by atoms with E-state index in [1.54, 1.807) is 18.3 Å². The van der Waals surface area contributed by atoms with Gasteiger partial charge in [-0.15, -0.1) is 0 Å². The summed E-state index contributed by atoms with van der Waals surface area (Å²) in [5.74, 6) is -1.07. The van der Waals surface area contributed by atoms with E-state index in [2.05, 4.69) is 10.3 Å². The van der Waals surface area contributed by atoms with Crippen LogP contribution in [0.4, 0.5) is 5.69 Å². The number of hydrogen-bond acceptors (Lipinski definition) is 3. The monoisotopic (exact) mass is 222 g/mol. The second-order valence-electron chi connectivity index (χ2n) is 3.48. The number of nitrogens with one attached hydrogen (secondary N) is 1. The number of carbonyl (C=O) groups excluding carboxylic acids is 1. The molecule has 16 heavy (non-hydrogen) atoms. The predicted octanol–water partition coefficient (Wildman–Crippen LogP) is 1.58. The van der Waals surface area contributed by atoms with Crippen LogP contribution < -0.4 is 5.32 Å². The molecule has 1 aromatic heterocycles. The Morgan fingerprint density at radius 3 is 2.69 bits per heavy atom. The van der Waals surface area contributed by atoms with E-state index in [4.69, 9.17) is 5.11 Å². The summed E-state index contributed by atoms with van der Waals surface area (Å²) >= 11 is 0. The molecule has 0 unspecified atom stereocenters. The lowest BCUT2D eigenvalue weighted by atomic mass is 10.2. The van der Waals surface area contributed by atoms with E-state index < -0.39 is 5.97 Å². The highest BCUT2D eigenvalue weighted by molar-refractivity contribution is 5.90. The SMILES string of the molecule is Cc1ccc(NC(=O)CCCC(=O)O)cn1. The Morgan fingerprint density at radius 1 is 1.38 bits per heavy atom. The Kier molecular flexibility index (Phi) is 4.44. The predicted molar refractivity (Wildman–Crippen MR) is 59.1 cm³/mol. The summed E-state index contributed by atoms with van der Waals surface area (Å²) in [5.41, 5.74) is 1.51. The third-order valence-corrected chi connectivity index (χ3v) is 1.99. The molecule has 0 atom stereocenters. The molecule has 86 valence electrons. The number of anilines is 1. The second-order valence-corrected chi connectivity index (χ2v) is 3.48. The Morgan fingerprint density at radius 2 is 2.12 bits per heavy atom. The summed E-state index contributed by atoms with van der Waals surface area (Å²) in [6, 6.07) is 3.56. The number of aromatic nitrogens is 1. The third kappa shape index (κ3) is 4.54. The van der Waals surface area contributed by atoms with Gasteiger partial charge in [-0.2, -0.15) is 0 Å². The Bertz CT molecular complexity index is 373. The van der Waals surface area contributed by atoms with E-state index in [1.807, 2.05) is 6.92 Å². The Labute approximate surface area is 93.5 Å². The molecule has 5 nitrogen and oxygen atoms in total. The van der Waals surface area contributed by atoms with Gasteiger partial charge in [-0.3, -0.25) is 14.6 Å². The van der Waals surface area contributed by atoms with Crippen LogP contribution >= 0.6 is 0 Å². The number of carboxylic acids is 1. The van der Waals surface area contributed by atoms with E-state index in [-0.39, 0.29) is 18.7 Å². The first-order chi connectivity index (χ1) is 7.58. The van der Waals surface area contributed by atoms with Gasteiger partial charge in [0, 0.05) is 18.5 Å². The zero-order chi connectivity index (χ0) is 12.0. The normalized spacial score (nSPS) is 9.81. The van der Waals surface area contributed by atoms with Crippen molar-refractivity contribution in [2.24, 2.45) is 0 Å². The number of rotatable bonds is 5. The first-order valence-corrected chi connectivity index (χ1v) is 5.02. The molecular weight excluding hydrogens is 208 g/mol. The molecule has 1 aromatic rings. The smallest absolute Gasteiger partial charge is 0.303 e. The molecule has 0 spiro atoms. The molecule has 0 aromatic carbocycles. The first-order valence-electron chi connectivity index (χ1n) is 5.02. The van der Waals surface area contributed by atoms with Crippen LogP contribution in [-0.2, 0) is 9.59 Å². The lowest BCUT2D eigenvalue weighted by molar-refractivity contribution is -0.137. The summed E-state index contributed by atoms with van der Waals surface area (Å²) in [4.78, 5) is 25.6. The molecular formula is C11H14N2O3. The molecule has 0 aliphatic heterocycles. The summed E-state index contributed by atoms with van der Waals surface area (Å²) in [5, 5.41) is 11.1. The lowest BCUT2D eigenvalue weighted by Gasteiger charge is -2.04. The number of amides is 1. The van der Waals surface area contributed by atoms with Crippen LogP contribution in [0.25, 0.3) is 0 Å². The average Bonchev–Trinajstić information content (AvgIpc) is 2.21. The van der Waals surface area contributed by atoms with Gasteiger partial charge < -0.3 is 10.4 Å². The van der Waals surface area contributed by atoms with Crippen LogP contribution in [0.2, 0.25) is 0 Å². The zero-order valence-electron chi connectivity index (χ0n) is 9.06.